The summed E-state index contributed by atoms with van der Waals surface area (Å²) in [7, 11) is 1.71. The van der Waals surface area contributed by atoms with Crippen LogP contribution in [-0.4, -0.2) is 38.2 Å². The van der Waals surface area contributed by atoms with Gasteiger partial charge in [-0.15, -0.1) is 10.2 Å². The van der Waals surface area contributed by atoms with E-state index in [1.807, 2.05) is 10.6 Å². The number of nitrogens with zero attached hydrogens (tertiary/aromatic N) is 5. The maximum absolute atomic E-state index is 11.1. The summed E-state index contributed by atoms with van der Waals surface area (Å²) < 4.78 is 2.03. The minimum atomic E-state index is -0.359. The van der Waals surface area contributed by atoms with E-state index in [4.69, 9.17) is 0 Å². The van der Waals surface area contributed by atoms with Crippen molar-refractivity contribution in [1.82, 2.24) is 19.7 Å². The van der Waals surface area contributed by atoms with Crippen LogP contribution in [0.25, 0.3) is 0 Å². The number of aromatic nitrogens is 3. The van der Waals surface area contributed by atoms with Crippen LogP contribution in [0, 0.1) is 10.1 Å². The normalized spacial score (nSPS) is 14.7. The highest BCUT2D eigenvalue weighted by Crippen LogP contribution is 2.29. The Balaban J connectivity index is 1.83. The number of benzene rings is 1. The van der Waals surface area contributed by atoms with E-state index in [2.05, 4.69) is 20.4 Å². The smallest absolute Gasteiger partial charge is 0.292 e. The van der Waals surface area contributed by atoms with E-state index in [1.54, 1.807) is 19.4 Å². The molecule has 0 bridgehead atoms. The van der Waals surface area contributed by atoms with Crippen molar-refractivity contribution >= 4 is 11.4 Å². The predicted molar refractivity (Wildman–Crippen MR) is 76.8 cm³/mol. The topological polar surface area (TPSA) is 89.1 Å². The Morgan fingerprint density at radius 3 is 3.05 bits per heavy atom. The number of para-hydroxylation sites is 1. The molecule has 21 heavy (non-hydrogen) atoms. The van der Waals surface area contributed by atoms with Gasteiger partial charge in [0, 0.05) is 32.7 Å². The number of hydrogen-bond donors (Lipinski definition) is 1. The molecule has 3 rings (SSSR count). The van der Waals surface area contributed by atoms with Crippen molar-refractivity contribution in [2.45, 2.75) is 19.6 Å². The lowest BCUT2D eigenvalue weighted by atomic mass is 10.1. The summed E-state index contributed by atoms with van der Waals surface area (Å²) in [6, 6.07) is 5.15. The van der Waals surface area contributed by atoms with Crippen LogP contribution >= 0.6 is 0 Å². The zero-order chi connectivity index (χ0) is 14.8. The summed E-state index contributed by atoms with van der Waals surface area (Å²) in [5, 5.41) is 22.0. The lowest BCUT2D eigenvalue weighted by Gasteiger charge is -2.27. The van der Waals surface area contributed by atoms with Gasteiger partial charge in [0.2, 0.25) is 0 Å². The Morgan fingerprint density at radius 1 is 1.43 bits per heavy atom. The molecule has 110 valence electrons. The molecule has 1 aliphatic heterocycles. The highest BCUT2D eigenvalue weighted by Gasteiger charge is 2.21. The maximum Gasteiger partial charge on any atom is 0.292 e. The first kappa shape index (κ1) is 13.5. The minimum absolute atomic E-state index is 0.107. The zero-order valence-corrected chi connectivity index (χ0v) is 11.7. The first-order valence-electron chi connectivity index (χ1n) is 6.72. The van der Waals surface area contributed by atoms with Gasteiger partial charge in [-0.1, -0.05) is 12.1 Å². The molecule has 1 aliphatic rings. The van der Waals surface area contributed by atoms with Gasteiger partial charge in [-0.3, -0.25) is 15.0 Å². The first-order chi connectivity index (χ1) is 10.2. The van der Waals surface area contributed by atoms with Gasteiger partial charge >= 0.3 is 0 Å². The number of hydrogen-bond acceptors (Lipinski definition) is 6. The lowest BCUT2D eigenvalue weighted by molar-refractivity contribution is -0.384. The van der Waals surface area contributed by atoms with E-state index in [9.17, 15) is 10.1 Å². The fourth-order valence-electron chi connectivity index (χ4n) is 2.65. The molecule has 1 aromatic carbocycles. The highest BCUT2D eigenvalue weighted by molar-refractivity contribution is 5.66. The van der Waals surface area contributed by atoms with Gasteiger partial charge < -0.3 is 9.88 Å². The summed E-state index contributed by atoms with van der Waals surface area (Å²) >= 11 is 0. The highest BCUT2D eigenvalue weighted by atomic mass is 16.6. The third kappa shape index (κ3) is 2.57. The van der Waals surface area contributed by atoms with Gasteiger partial charge in [0.1, 0.15) is 17.8 Å². The van der Waals surface area contributed by atoms with E-state index < -0.39 is 0 Å². The van der Waals surface area contributed by atoms with Crippen molar-refractivity contribution in [3.05, 3.63) is 46.0 Å². The SMILES string of the molecule is CNc1c(CN2CCn3cnnc3C2)cccc1[N+](=O)[O-]. The third-order valence-corrected chi connectivity index (χ3v) is 3.69. The summed E-state index contributed by atoms with van der Waals surface area (Å²) in [6.45, 7) is 3.06. The number of nitro benzene ring substituents is 1. The van der Waals surface area contributed by atoms with Gasteiger partial charge in [-0.05, 0) is 5.56 Å². The summed E-state index contributed by atoms with van der Waals surface area (Å²) in [5.41, 5.74) is 1.60. The van der Waals surface area contributed by atoms with E-state index >= 15 is 0 Å². The van der Waals surface area contributed by atoms with Crippen molar-refractivity contribution < 1.29 is 4.92 Å². The second-order valence-corrected chi connectivity index (χ2v) is 4.97. The molecule has 0 unspecified atom stereocenters. The van der Waals surface area contributed by atoms with Crippen LogP contribution in [0.3, 0.4) is 0 Å². The lowest BCUT2D eigenvalue weighted by Crippen LogP contribution is -2.33. The van der Waals surface area contributed by atoms with Crippen LogP contribution < -0.4 is 5.32 Å². The molecule has 1 aromatic heterocycles. The Morgan fingerprint density at radius 2 is 2.29 bits per heavy atom. The van der Waals surface area contributed by atoms with Gasteiger partial charge in [-0.25, -0.2) is 0 Å². The molecule has 0 amide bonds. The predicted octanol–water partition coefficient (Wildman–Crippen LogP) is 1.24. The average Bonchev–Trinajstić information content (AvgIpc) is 2.94. The molecule has 8 nitrogen and oxygen atoms in total. The van der Waals surface area contributed by atoms with E-state index in [0.29, 0.717) is 18.8 Å². The van der Waals surface area contributed by atoms with Gasteiger partial charge in [0.05, 0.1) is 11.5 Å². The second-order valence-electron chi connectivity index (χ2n) is 4.97. The van der Waals surface area contributed by atoms with Gasteiger partial charge in [-0.2, -0.15) is 0 Å². The maximum atomic E-state index is 11.1. The molecule has 1 N–H and O–H groups in total. The fourth-order valence-corrected chi connectivity index (χ4v) is 2.65. The molecule has 0 atom stereocenters. The minimum Gasteiger partial charge on any atom is -0.382 e. The number of nitrogens with one attached hydrogen (secondary N) is 1. The number of fused-ring (bicyclic) bond motifs is 1. The van der Waals surface area contributed by atoms with Crippen LogP contribution in [0.1, 0.15) is 11.4 Å². The van der Waals surface area contributed by atoms with Crippen molar-refractivity contribution in [3.63, 3.8) is 0 Å². The largest absolute Gasteiger partial charge is 0.382 e. The fraction of sp³-hybridized carbons (Fsp3) is 0.385. The molecule has 0 fully saturated rings. The standard InChI is InChI=1S/C13H16N6O2/c1-14-13-10(3-2-4-11(13)19(20)21)7-17-5-6-18-9-15-16-12(18)8-17/h2-4,9,14H,5-8H2,1H3. The molecule has 0 aliphatic carbocycles. The molecule has 0 spiro atoms. The third-order valence-electron chi connectivity index (χ3n) is 3.69. The zero-order valence-electron chi connectivity index (χ0n) is 11.7. The van der Waals surface area contributed by atoms with Crippen LogP contribution in [0.4, 0.5) is 11.4 Å². The van der Waals surface area contributed by atoms with E-state index in [-0.39, 0.29) is 10.6 Å². The Labute approximate surface area is 121 Å². The molecule has 2 aromatic rings. The second kappa shape index (κ2) is 5.49. The number of rotatable bonds is 4. The molecular weight excluding hydrogens is 272 g/mol. The van der Waals surface area contributed by atoms with Crippen molar-refractivity contribution in [3.8, 4) is 0 Å². The molecular formula is C13H16N6O2. The van der Waals surface area contributed by atoms with Crippen LogP contribution in [0.15, 0.2) is 24.5 Å². The van der Waals surface area contributed by atoms with Crippen molar-refractivity contribution in [2.24, 2.45) is 0 Å². The van der Waals surface area contributed by atoms with Crippen LogP contribution in [0.2, 0.25) is 0 Å². The van der Waals surface area contributed by atoms with Crippen LogP contribution in [-0.2, 0) is 19.6 Å². The molecule has 0 radical (unpaired) electrons. The summed E-state index contributed by atoms with van der Waals surface area (Å²) in [6.07, 6.45) is 1.74. The Kier molecular flexibility index (Phi) is 3.53. The molecule has 0 saturated carbocycles. The number of nitro groups is 1. The Bertz CT molecular complexity index is 668. The number of anilines is 1. The summed E-state index contributed by atoms with van der Waals surface area (Å²) in [5.74, 6) is 0.928. The molecule has 2 heterocycles. The van der Waals surface area contributed by atoms with Gasteiger partial charge in [0.25, 0.3) is 5.69 Å². The molecule has 0 saturated heterocycles. The average molecular weight is 288 g/mol. The molecule has 8 heteroatoms. The van der Waals surface area contributed by atoms with E-state index in [0.717, 1.165) is 24.5 Å². The first-order valence-corrected chi connectivity index (χ1v) is 6.72. The Hall–Kier alpha value is -2.48. The van der Waals surface area contributed by atoms with Gasteiger partial charge in [0.15, 0.2) is 0 Å². The monoisotopic (exact) mass is 288 g/mol. The summed E-state index contributed by atoms with van der Waals surface area (Å²) in [4.78, 5) is 12.9. The van der Waals surface area contributed by atoms with Crippen LogP contribution in [0.5, 0.6) is 0 Å². The quantitative estimate of drug-likeness (QED) is 0.672. The van der Waals surface area contributed by atoms with Crippen molar-refractivity contribution in [2.75, 3.05) is 18.9 Å². The van der Waals surface area contributed by atoms with E-state index in [1.165, 1.54) is 6.07 Å². The van der Waals surface area contributed by atoms with Crippen molar-refractivity contribution in [1.29, 1.82) is 0 Å².